The van der Waals surface area contributed by atoms with Crippen LogP contribution in [0.25, 0.3) is 6.08 Å². The van der Waals surface area contributed by atoms with Gasteiger partial charge in [-0.3, -0.25) is 0 Å². The average molecular weight is 293 g/mol. The van der Waals surface area contributed by atoms with Gasteiger partial charge in [-0.05, 0) is 42.8 Å². The van der Waals surface area contributed by atoms with Crippen molar-refractivity contribution in [1.82, 2.24) is 0 Å². The molecule has 0 N–H and O–H groups in total. The Morgan fingerprint density at radius 2 is 1.82 bits per heavy atom. The van der Waals surface area contributed by atoms with Crippen LogP contribution >= 0.6 is 0 Å². The summed E-state index contributed by atoms with van der Waals surface area (Å²) in [4.78, 5) is 16.2. The molecule has 0 aliphatic carbocycles. The Morgan fingerprint density at radius 3 is 2.50 bits per heavy atom. The molecular weight excluding hydrogens is 278 g/mol. The Morgan fingerprint density at radius 1 is 1.09 bits per heavy atom. The smallest absolute Gasteiger partial charge is 0.363 e. The molecule has 2 aromatic carbocycles. The topological polar surface area (TPSA) is 47.9 Å². The minimum absolute atomic E-state index is 0.294. The van der Waals surface area contributed by atoms with Crippen molar-refractivity contribution < 1.29 is 14.3 Å². The maximum Gasteiger partial charge on any atom is 0.363 e. The molecule has 0 amide bonds. The van der Waals surface area contributed by atoms with Gasteiger partial charge in [0.2, 0.25) is 5.90 Å². The van der Waals surface area contributed by atoms with Gasteiger partial charge in [0.1, 0.15) is 5.75 Å². The zero-order chi connectivity index (χ0) is 15.4. The predicted octanol–water partition coefficient (Wildman–Crippen LogP) is 3.43. The standard InChI is InChI=1S/C18H15NO3/c1-2-21-15-10-8-13(9-11-15)12-16-18(20)22-17(19-16)14-6-4-3-5-7-14/h3-12H,2H2,1H3. The molecule has 1 aliphatic heterocycles. The highest BCUT2D eigenvalue weighted by atomic mass is 16.6. The number of aliphatic imine (C=N–C) groups is 1. The fraction of sp³-hybridized carbons (Fsp3) is 0.111. The fourth-order valence-electron chi connectivity index (χ4n) is 2.10. The maximum atomic E-state index is 11.9. The zero-order valence-corrected chi connectivity index (χ0v) is 12.2. The van der Waals surface area contributed by atoms with Gasteiger partial charge in [-0.15, -0.1) is 0 Å². The summed E-state index contributed by atoms with van der Waals surface area (Å²) in [6, 6.07) is 16.8. The van der Waals surface area contributed by atoms with Gasteiger partial charge in [-0.2, -0.15) is 0 Å². The highest BCUT2D eigenvalue weighted by molar-refractivity contribution is 6.12. The number of rotatable bonds is 4. The summed E-state index contributed by atoms with van der Waals surface area (Å²) in [6.45, 7) is 2.56. The number of cyclic esters (lactones) is 1. The molecule has 0 saturated heterocycles. The Hall–Kier alpha value is -2.88. The molecule has 1 aliphatic rings. The summed E-state index contributed by atoms with van der Waals surface area (Å²) in [7, 11) is 0. The number of carbonyl (C=O) groups is 1. The number of benzene rings is 2. The average Bonchev–Trinajstić information content (AvgIpc) is 2.91. The van der Waals surface area contributed by atoms with Crippen LogP contribution < -0.4 is 4.74 Å². The van der Waals surface area contributed by atoms with Crippen LogP contribution in [-0.2, 0) is 9.53 Å². The van der Waals surface area contributed by atoms with Gasteiger partial charge in [0, 0.05) is 5.56 Å². The van der Waals surface area contributed by atoms with Gasteiger partial charge in [0.25, 0.3) is 0 Å². The van der Waals surface area contributed by atoms with E-state index in [1.807, 2.05) is 61.5 Å². The van der Waals surface area contributed by atoms with E-state index in [0.29, 0.717) is 18.2 Å². The van der Waals surface area contributed by atoms with E-state index in [0.717, 1.165) is 16.9 Å². The number of hydrogen-bond acceptors (Lipinski definition) is 4. The van der Waals surface area contributed by atoms with Gasteiger partial charge < -0.3 is 9.47 Å². The van der Waals surface area contributed by atoms with E-state index >= 15 is 0 Å². The summed E-state index contributed by atoms with van der Waals surface area (Å²) >= 11 is 0. The highest BCUT2D eigenvalue weighted by Crippen LogP contribution is 2.20. The minimum atomic E-state index is -0.437. The lowest BCUT2D eigenvalue weighted by Gasteiger charge is -2.02. The van der Waals surface area contributed by atoms with Crippen LogP contribution in [0.1, 0.15) is 18.1 Å². The van der Waals surface area contributed by atoms with Gasteiger partial charge >= 0.3 is 5.97 Å². The first-order valence-electron chi connectivity index (χ1n) is 7.07. The van der Waals surface area contributed by atoms with Crippen LogP contribution in [-0.4, -0.2) is 18.5 Å². The van der Waals surface area contributed by atoms with Crippen molar-refractivity contribution in [3.05, 3.63) is 71.4 Å². The lowest BCUT2D eigenvalue weighted by molar-refractivity contribution is -0.129. The van der Waals surface area contributed by atoms with E-state index in [1.165, 1.54) is 0 Å². The van der Waals surface area contributed by atoms with Gasteiger partial charge in [0.05, 0.1) is 6.61 Å². The molecule has 22 heavy (non-hydrogen) atoms. The normalized spacial score (nSPS) is 15.6. The highest BCUT2D eigenvalue weighted by Gasteiger charge is 2.23. The number of esters is 1. The van der Waals surface area contributed by atoms with E-state index in [-0.39, 0.29) is 0 Å². The number of hydrogen-bond donors (Lipinski definition) is 0. The minimum Gasteiger partial charge on any atom is -0.494 e. The summed E-state index contributed by atoms with van der Waals surface area (Å²) in [5.41, 5.74) is 1.95. The number of carbonyl (C=O) groups excluding carboxylic acids is 1. The van der Waals surface area contributed by atoms with Crippen LogP contribution in [0.15, 0.2) is 65.3 Å². The molecule has 2 aromatic rings. The zero-order valence-electron chi connectivity index (χ0n) is 12.2. The Bertz CT molecular complexity index is 731. The molecule has 0 unspecified atom stereocenters. The van der Waals surface area contributed by atoms with Gasteiger partial charge in [-0.1, -0.05) is 30.3 Å². The van der Waals surface area contributed by atoms with Crippen molar-refractivity contribution in [3.63, 3.8) is 0 Å². The Balaban J connectivity index is 1.84. The van der Waals surface area contributed by atoms with Crippen LogP contribution in [0.3, 0.4) is 0 Å². The quantitative estimate of drug-likeness (QED) is 0.641. The fourth-order valence-corrected chi connectivity index (χ4v) is 2.10. The van der Waals surface area contributed by atoms with Crippen molar-refractivity contribution in [1.29, 1.82) is 0 Å². The summed E-state index contributed by atoms with van der Waals surface area (Å²) in [6.07, 6.45) is 1.70. The molecule has 0 saturated carbocycles. The first kappa shape index (κ1) is 14.1. The first-order chi connectivity index (χ1) is 10.8. The molecule has 0 bridgehead atoms. The maximum absolute atomic E-state index is 11.9. The van der Waals surface area contributed by atoms with Gasteiger partial charge in [0.15, 0.2) is 5.70 Å². The van der Waals surface area contributed by atoms with Crippen LogP contribution in [0.4, 0.5) is 0 Å². The van der Waals surface area contributed by atoms with E-state index in [9.17, 15) is 4.79 Å². The molecule has 3 rings (SSSR count). The molecule has 0 radical (unpaired) electrons. The molecule has 0 atom stereocenters. The summed E-state index contributed by atoms with van der Waals surface area (Å²) < 4.78 is 10.6. The van der Waals surface area contributed by atoms with E-state index in [4.69, 9.17) is 9.47 Å². The predicted molar refractivity (Wildman–Crippen MR) is 84.7 cm³/mol. The van der Waals surface area contributed by atoms with Crippen LogP contribution in [0.5, 0.6) is 5.75 Å². The van der Waals surface area contributed by atoms with Crippen molar-refractivity contribution in [2.45, 2.75) is 6.92 Å². The summed E-state index contributed by atoms with van der Waals surface area (Å²) in [5, 5.41) is 0. The molecule has 0 aromatic heterocycles. The van der Waals surface area contributed by atoms with Crippen molar-refractivity contribution >= 4 is 17.9 Å². The van der Waals surface area contributed by atoms with Crippen molar-refractivity contribution in [3.8, 4) is 5.75 Å². The number of ether oxygens (including phenoxy) is 2. The summed E-state index contributed by atoms with van der Waals surface area (Å²) in [5.74, 6) is 0.697. The SMILES string of the molecule is CCOc1ccc(C=C2N=C(c3ccccc3)OC2=O)cc1. The second kappa shape index (κ2) is 6.26. The Labute approximate surface area is 128 Å². The van der Waals surface area contributed by atoms with E-state index < -0.39 is 5.97 Å². The van der Waals surface area contributed by atoms with E-state index in [1.54, 1.807) is 6.08 Å². The van der Waals surface area contributed by atoms with Crippen molar-refractivity contribution in [2.24, 2.45) is 4.99 Å². The molecule has 4 heteroatoms. The molecular formula is C18H15NO3. The third-order valence-electron chi connectivity index (χ3n) is 3.14. The number of nitrogens with zero attached hydrogens (tertiary/aromatic N) is 1. The van der Waals surface area contributed by atoms with Crippen molar-refractivity contribution in [2.75, 3.05) is 6.61 Å². The lowest BCUT2D eigenvalue weighted by Crippen LogP contribution is -2.04. The Kier molecular flexibility index (Phi) is 4.01. The monoisotopic (exact) mass is 293 g/mol. The molecule has 0 spiro atoms. The molecule has 4 nitrogen and oxygen atoms in total. The second-order valence-electron chi connectivity index (χ2n) is 4.70. The van der Waals surface area contributed by atoms with Gasteiger partial charge in [-0.25, -0.2) is 9.79 Å². The third kappa shape index (κ3) is 3.06. The van der Waals surface area contributed by atoms with Crippen LogP contribution in [0, 0.1) is 0 Å². The molecule has 0 fully saturated rings. The van der Waals surface area contributed by atoms with E-state index in [2.05, 4.69) is 4.99 Å². The molecule has 110 valence electrons. The second-order valence-corrected chi connectivity index (χ2v) is 4.70. The van der Waals surface area contributed by atoms with Crippen LogP contribution in [0.2, 0.25) is 0 Å². The first-order valence-corrected chi connectivity index (χ1v) is 7.07. The largest absolute Gasteiger partial charge is 0.494 e. The third-order valence-corrected chi connectivity index (χ3v) is 3.14. The lowest BCUT2D eigenvalue weighted by atomic mass is 10.2. The molecule has 1 heterocycles.